The lowest BCUT2D eigenvalue weighted by Gasteiger charge is -2.15. The molecule has 0 aliphatic carbocycles. The van der Waals surface area contributed by atoms with Crippen molar-refractivity contribution in [1.29, 1.82) is 0 Å². The summed E-state index contributed by atoms with van der Waals surface area (Å²) >= 11 is 6.21. The first-order chi connectivity index (χ1) is 12.9. The van der Waals surface area contributed by atoms with E-state index in [1.165, 1.54) is 5.56 Å². The van der Waals surface area contributed by atoms with Crippen molar-refractivity contribution >= 4 is 28.5 Å². The van der Waals surface area contributed by atoms with Crippen molar-refractivity contribution in [3.63, 3.8) is 0 Å². The summed E-state index contributed by atoms with van der Waals surface area (Å²) in [5.41, 5.74) is 4.39. The molecule has 4 rings (SSSR count). The zero-order valence-electron chi connectivity index (χ0n) is 15.0. The highest BCUT2D eigenvalue weighted by molar-refractivity contribution is 6.31. The number of cyclic esters (lactones) is 1. The molecule has 138 valence electrons. The Morgan fingerprint density at radius 1 is 1.30 bits per heavy atom. The smallest absolute Gasteiger partial charge is 0.333 e. The number of nitrogens with zero attached hydrogens (tertiary/aromatic N) is 1. The molecular weight excluding hydrogens is 362 g/mol. The standard InChI is InChI=1S/C22H20ClNO3/c1-13-3-5-15(6-4-13)10-24-11-18(17-9-16(23)7-8-20(17)24)21(25)19-12-27-22(26)14(19)2/h3-9,11,19,21,25H,2,10,12H2,1H3. The van der Waals surface area contributed by atoms with Crippen molar-refractivity contribution in [2.45, 2.75) is 19.6 Å². The zero-order chi connectivity index (χ0) is 19.1. The average Bonchev–Trinajstić information content (AvgIpc) is 3.17. The van der Waals surface area contributed by atoms with Crippen molar-refractivity contribution in [2.24, 2.45) is 5.92 Å². The molecule has 2 aromatic carbocycles. The Hall–Kier alpha value is -2.56. The second-order valence-electron chi connectivity index (χ2n) is 7.03. The van der Waals surface area contributed by atoms with Crippen molar-refractivity contribution < 1.29 is 14.6 Å². The first-order valence-corrected chi connectivity index (χ1v) is 9.19. The highest BCUT2D eigenvalue weighted by Crippen LogP contribution is 2.37. The predicted octanol–water partition coefficient (Wildman–Crippen LogP) is 4.41. The summed E-state index contributed by atoms with van der Waals surface area (Å²) in [4.78, 5) is 11.7. The lowest BCUT2D eigenvalue weighted by Crippen LogP contribution is -2.14. The number of aliphatic hydroxyl groups is 1. The molecule has 2 atom stereocenters. The fourth-order valence-corrected chi connectivity index (χ4v) is 3.73. The van der Waals surface area contributed by atoms with Gasteiger partial charge in [0.15, 0.2) is 0 Å². The lowest BCUT2D eigenvalue weighted by molar-refractivity contribution is -0.135. The summed E-state index contributed by atoms with van der Waals surface area (Å²) in [5, 5.41) is 12.4. The van der Waals surface area contributed by atoms with E-state index in [0.717, 1.165) is 22.0 Å². The molecule has 0 bridgehead atoms. The van der Waals surface area contributed by atoms with Gasteiger partial charge in [-0.15, -0.1) is 0 Å². The SMILES string of the molecule is C=C1C(=O)OCC1C(O)c1cn(Cc2ccc(C)cc2)c2ccc(Cl)cc12. The van der Waals surface area contributed by atoms with E-state index in [1.54, 1.807) is 0 Å². The molecule has 5 heteroatoms. The molecule has 2 unspecified atom stereocenters. The number of aliphatic hydroxyl groups excluding tert-OH is 1. The fourth-order valence-electron chi connectivity index (χ4n) is 3.56. The number of carbonyl (C=O) groups is 1. The normalized spacial score (nSPS) is 18.1. The van der Waals surface area contributed by atoms with Crippen molar-refractivity contribution in [2.75, 3.05) is 6.61 Å². The number of halogens is 1. The molecule has 1 aliphatic heterocycles. The molecule has 0 spiro atoms. The molecular formula is C22H20ClNO3. The summed E-state index contributed by atoms with van der Waals surface area (Å²) < 4.78 is 7.13. The first kappa shape index (κ1) is 17.8. The van der Waals surface area contributed by atoms with Gasteiger partial charge in [0.2, 0.25) is 0 Å². The van der Waals surface area contributed by atoms with Gasteiger partial charge in [0, 0.05) is 39.8 Å². The van der Waals surface area contributed by atoms with Gasteiger partial charge in [-0.1, -0.05) is 48.0 Å². The molecule has 1 saturated heterocycles. The second kappa shape index (κ2) is 6.87. The van der Waals surface area contributed by atoms with Crippen molar-refractivity contribution in [3.05, 3.63) is 82.5 Å². The predicted molar refractivity (Wildman–Crippen MR) is 106 cm³/mol. The van der Waals surface area contributed by atoms with Crippen LogP contribution in [0.15, 0.2) is 60.8 Å². The number of hydrogen-bond acceptors (Lipinski definition) is 3. The number of hydrogen-bond donors (Lipinski definition) is 1. The monoisotopic (exact) mass is 381 g/mol. The highest BCUT2D eigenvalue weighted by atomic mass is 35.5. The summed E-state index contributed by atoms with van der Waals surface area (Å²) in [6.45, 7) is 6.65. The number of esters is 1. The van der Waals surface area contributed by atoms with Crippen LogP contribution in [0.5, 0.6) is 0 Å². The van der Waals surface area contributed by atoms with Gasteiger partial charge < -0.3 is 14.4 Å². The summed E-state index contributed by atoms with van der Waals surface area (Å²) in [6.07, 6.45) is 1.05. The van der Waals surface area contributed by atoms with Gasteiger partial charge in [0.05, 0.1) is 12.0 Å². The van der Waals surface area contributed by atoms with Crippen LogP contribution < -0.4 is 0 Å². The minimum absolute atomic E-state index is 0.143. The highest BCUT2D eigenvalue weighted by Gasteiger charge is 2.36. The topological polar surface area (TPSA) is 51.5 Å². The van der Waals surface area contributed by atoms with Crippen LogP contribution in [-0.4, -0.2) is 22.2 Å². The Balaban J connectivity index is 1.76. The number of carbonyl (C=O) groups excluding carboxylic acids is 1. The molecule has 1 aromatic heterocycles. The van der Waals surface area contributed by atoms with Crippen LogP contribution in [0.3, 0.4) is 0 Å². The third-order valence-electron chi connectivity index (χ3n) is 5.15. The maximum absolute atomic E-state index is 11.7. The zero-order valence-corrected chi connectivity index (χ0v) is 15.7. The number of aromatic nitrogens is 1. The Bertz CT molecular complexity index is 1040. The van der Waals surface area contributed by atoms with Crippen LogP contribution in [0, 0.1) is 12.8 Å². The summed E-state index contributed by atoms with van der Waals surface area (Å²) in [7, 11) is 0. The van der Waals surface area contributed by atoms with Gasteiger partial charge in [0.1, 0.15) is 6.61 Å². The largest absolute Gasteiger partial charge is 0.462 e. The Morgan fingerprint density at radius 3 is 2.70 bits per heavy atom. The second-order valence-corrected chi connectivity index (χ2v) is 7.47. The Labute approximate surface area is 162 Å². The van der Waals surface area contributed by atoms with Gasteiger partial charge in [0.25, 0.3) is 0 Å². The molecule has 1 aliphatic rings. The fraction of sp³-hybridized carbons (Fsp3) is 0.227. The van der Waals surface area contributed by atoms with Gasteiger partial charge >= 0.3 is 5.97 Å². The molecule has 27 heavy (non-hydrogen) atoms. The number of aryl methyl sites for hydroxylation is 1. The van der Waals surface area contributed by atoms with Crippen LogP contribution in [0.1, 0.15) is 22.8 Å². The number of fused-ring (bicyclic) bond motifs is 1. The van der Waals surface area contributed by atoms with Crippen LogP contribution >= 0.6 is 11.6 Å². The van der Waals surface area contributed by atoms with Gasteiger partial charge in [-0.05, 0) is 30.7 Å². The van der Waals surface area contributed by atoms with E-state index in [9.17, 15) is 9.90 Å². The van der Waals surface area contributed by atoms with E-state index in [2.05, 4.69) is 42.3 Å². The summed E-state index contributed by atoms with van der Waals surface area (Å²) in [6, 6.07) is 14.0. The average molecular weight is 382 g/mol. The van der Waals surface area contributed by atoms with E-state index >= 15 is 0 Å². The van der Waals surface area contributed by atoms with Gasteiger partial charge in [-0.3, -0.25) is 0 Å². The minimum atomic E-state index is -0.885. The van der Waals surface area contributed by atoms with E-state index in [0.29, 0.717) is 17.1 Å². The van der Waals surface area contributed by atoms with Crippen LogP contribution in [0.25, 0.3) is 10.9 Å². The van der Waals surface area contributed by atoms with Crippen LogP contribution in [-0.2, 0) is 16.1 Å². The third-order valence-corrected chi connectivity index (χ3v) is 5.39. The molecule has 2 heterocycles. The molecule has 3 aromatic rings. The number of ether oxygens (including phenoxy) is 1. The van der Waals surface area contributed by atoms with Crippen molar-refractivity contribution in [1.82, 2.24) is 4.57 Å². The summed E-state index contributed by atoms with van der Waals surface area (Å²) in [5.74, 6) is -0.893. The van der Waals surface area contributed by atoms with E-state index < -0.39 is 18.0 Å². The molecule has 0 amide bonds. The molecule has 4 nitrogen and oxygen atoms in total. The number of benzene rings is 2. The third kappa shape index (κ3) is 3.27. The Morgan fingerprint density at radius 2 is 2.04 bits per heavy atom. The van der Waals surface area contributed by atoms with Crippen LogP contribution in [0.2, 0.25) is 5.02 Å². The Kier molecular flexibility index (Phi) is 4.54. The van der Waals surface area contributed by atoms with Crippen LogP contribution in [0.4, 0.5) is 0 Å². The van der Waals surface area contributed by atoms with E-state index in [-0.39, 0.29) is 6.61 Å². The molecule has 1 N–H and O–H groups in total. The van der Waals surface area contributed by atoms with Gasteiger partial charge in [-0.25, -0.2) is 4.79 Å². The maximum Gasteiger partial charge on any atom is 0.333 e. The van der Waals surface area contributed by atoms with Crippen molar-refractivity contribution in [3.8, 4) is 0 Å². The van der Waals surface area contributed by atoms with Gasteiger partial charge in [-0.2, -0.15) is 0 Å². The lowest BCUT2D eigenvalue weighted by atomic mass is 9.92. The van der Waals surface area contributed by atoms with E-state index in [1.807, 2.05) is 24.4 Å². The van der Waals surface area contributed by atoms with E-state index in [4.69, 9.17) is 16.3 Å². The molecule has 0 saturated carbocycles. The first-order valence-electron chi connectivity index (χ1n) is 8.82. The number of rotatable bonds is 4. The molecule has 0 radical (unpaired) electrons. The maximum atomic E-state index is 11.7. The quantitative estimate of drug-likeness (QED) is 0.537. The molecule has 1 fully saturated rings. The minimum Gasteiger partial charge on any atom is -0.462 e.